The van der Waals surface area contributed by atoms with Gasteiger partial charge in [0.25, 0.3) is 0 Å². The molecule has 2 nitrogen and oxygen atoms in total. The van der Waals surface area contributed by atoms with Crippen molar-refractivity contribution >= 4 is 22.6 Å². The van der Waals surface area contributed by atoms with E-state index in [4.69, 9.17) is 11.6 Å². The number of aromatic nitrogens is 2. The highest BCUT2D eigenvalue weighted by Crippen LogP contribution is 2.21. The molecule has 0 fully saturated rings. The number of hydrogen-bond acceptors (Lipinski definition) is 2. The fourth-order valence-electron chi connectivity index (χ4n) is 2.13. The first-order chi connectivity index (χ1) is 9.24. The van der Waals surface area contributed by atoms with Crippen LogP contribution in [-0.2, 0) is 6.42 Å². The second-order valence-electron chi connectivity index (χ2n) is 4.57. The lowest BCUT2D eigenvalue weighted by molar-refractivity contribution is 1.06. The SMILES string of the molecule is Cc1cccc2nc(Cl)c(Cc3ccccc3)nc12. The normalized spacial score (nSPS) is 10.8. The van der Waals surface area contributed by atoms with E-state index in [2.05, 4.69) is 22.1 Å². The molecule has 0 saturated heterocycles. The zero-order valence-corrected chi connectivity index (χ0v) is 11.4. The molecule has 2 aromatic carbocycles. The standard InChI is InChI=1S/C16H13ClN2/c1-11-6-5-9-13-15(11)18-14(16(17)19-13)10-12-7-3-2-4-8-12/h2-9H,10H2,1H3. The molecule has 3 heteroatoms. The van der Waals surface area contributed by atoms with Crippen LogP contribution in [-0.4, -0.2) is 9.97 Å². The number of nitrogens with zero attached hydrogens (tertiary/aromatic N) is 2. The van der Waals surface area contributed by atoms with Gasteiger partial charge in [-0.1, -0.05) is 54.1 Å². The molecular formula is C16H13ClN2. The van der Waals surface area contributed by atoms with Crippen LogP contribution in [0.4, 0.5) is 0 Å². The first-order valence-corrected chi connectivity index (χ1v) is 6.57. The summed E-state index contributed by atoms with van der Waals surface area (Å²) in [5.41, 5.74) is 4.91. The Balaban J connectivity index is 2.09. The van der Waals surface area contributed by atoms with Gasteiger partial charge in [0.1, 0.15) is 0 Å². The lowest BCUT2D eigenvalue weighted by Crippen LogP contribution is -1.98. The number of para-hydroxylation sites is 1. The summed E-state index contributed by atoms with van der Waals surface area (Å²) >= 11 is 6.23. The molecule has 0 radical (unpaired) electrons. The number of benzene rings is 2. The van der Waals surface area contributed by atoms with Gasteiger partial charge in [-0.05, 0) is 24.1 Å². The molecular weight excluding hydrogens is 256 g/mol. The Morgan fingerprint density at radius 2 is 1.74 bits per heavy atom. The van der Waals surface area contributed by atoms with Gasteiger partial charge in [0.05, 0.1) is 16.7 Å². The minimum absolute atomic E-state index is 0.488. The summed E-state index contributed by atoms with van der Waals surface area (Å²) in [4.78, 5) is 9.11. The summed E-state index contributed by atoms with van der Waals surface area (Å²) in [5, 5.41) is 0.488. The minimum Gasteiger partial charge on any atom is -0.247 e. The van der Waals surface area contributed by atoms with E-state index in [1.165, 1.54) is 5.56 Å². The molecule has 1 heterocycles. The average Bonchev–Trinajstić information content (AvgIpc) is 2.42. The predicted molar refractivity (Wildman–Crippen MR) is 78.5 cm³/mol. The van der Waals surface area contributed by atoms with Crippen LogP contribution >= 0.6 is 11.6 Å². The lowest BCUT2D eigenvalue weighted by Gasteiger charge is -2.07. The van der Waals surface area contributed by atoms with E-state index < -0.39 is 0 Å². The minimum atomic E-state index is 0.488. The summed E-state index contributed by atoms with van der Waals surface area (Å²) in [5.74, 6) is 0. The maximum Gasteiger partial charge on any atom is 0.151 e. The molecule has 0 aliphatic heterocycles. The van der Waals surface area contributed by atoms with Crippen LogP contribution in [0.1, 0.15) is 16.8 Å². The van der Waals surface area contributed by atoms with Gasteiger partial charge in [-0.25, -0.2) is 9.97 Å². The molecule has 0 aliphatic carbocycles. The second kappa shape index (κ2) is 4.98. The maximum atomic E-state index is 6.23. The van der Waals surface area contributed by atoms with E-state index in [-0.39, 0.29) is 0 Å². The van der Waals surface area contributed by atoms with Crippen LogP contribution in [0.15, 0.2) is 48.5 Å². The van der Waals surface area contributed by atoms with Crippen LogP contribution in [0.5, 0.6) is 0 Å². The Morgan fingerprint density at radius 3 is 2.53 bits per heavy atom. The Labute approximate surface area is 117 Å². The predicted octanol–water partition coefficient (Wildman–Crippen LogP) is 4.18. The smallest absolute Gasteiger partial charge is 0.151 e. The molecule has 0 unspecified atom stereocenters. The number of rotatable bonds is 2. The third-order valence-electron chi connectivity index (χ3n) is 3.13. The molecule has 3 rings (SSSR count). The fourth-order valence-corrected chi connectivity index (χ4v) is 2.33. The maximum absolute atomic E-state index is 6.23. The molecule has 1 aromatic heterocycles. The van der Waals surface area contributed by atoms with E-state index in [0.29, 0.717) is 11.6 Å². The zero-order valence-electron chi connectivity index (χ0n) is 10.6. The van der Waals surface area contributed by atoms with E-state index in [0.717, 1.165) is 22.3 Å². The van der Waals surface area contributed by atoms with E-state index >= 15 is 0 Å². The molecule has 94 valence electrons. The molecule has 0 amide bonds. The van der Waals surface area contributed by atoms with Crippen molar-refractivity contribution in [2.75, 3.05) is 0 Å². The third kappa shape index (κ3) is 2.45. The van der Waals surface area contributed by atoms with Crippen LogP contribution < -0.4 is 0 Å². The van der Waals surface area contributed by atoms with Gasteiger partial charge in [-0.2, -0.15) is 0 Å². The molecule has 0 atom stereocenters. The molecule has 0 aliphatic rings. The van der Waals surface area contributed by atoms with E-state index in [1.807, 2.05) is 43.3 Å². The zero-order chi connectivity index (χ0) is 13.2. The van der Waals surface area contributed by atoms with Gasteiger partial charge in [-0.15, -0.1) is 0 Å². The summed E-state index contributed by atoms with van der Waals surface area (Å²) in [6.07, 6.45) is 0.705. The van der Waals surface area contributed by atoms with Crippen molar-refractivity contribution in [2.45, 2.75) is 13.3 Å². The molecule has 0 saturated carbocycles. The first kappa shape index (κ1) is 12.1. The van der Waals surface area contributed by atoms with E-state index in [9.17, 15) is 0 Å². The van der Waals surface area contributed by atoms with Gasteiger partial charge in [0, 0.05) is 6.42 Å². The topological polar surface area (TPSA) is 25.8 Å². The van der Waals surface area contributed by atoms with Gasteiger partial charge in [-0.3, -0.25) is 0 Å². The average molecular weight is 269 g/mol. The quantitative estimate of drug-likeness (QED) is 0.697. The van der Waals surface area contributed by atoms with Crippen molar-refractivity contribution in [2.24, 2.45) is 0 Å². The second-order valence-corrected chi connectivity index (χ2v) is 4.92. The largest absolute Gasteiger partial charge is 0.247 e. The molecule has 0 spiro atoms. The van der Waals surface area contributed by atoms with Crippen LogP contribution in [0, 0.1) is 6.92 Å². The van der Waals surface area contributed by atoms with Crippen molar-refractivity contribution in [3.63, 3.8) is 0 Å². The number of halogens is 1. The molecule has 3 aromatic rings. The number of aryl methyl sites for hydroxylation is 1. The third-order valence-corrected chi connectivity index (χ3v) is 3.44. The number of fused-ring (bicyclic) bond motifs is 1. The van der Waals surface area contributed by atoms with E-state index in [1.54, 1.807) is 0 Å². The molecule has 0 bridgehead atoms. The van der Waals surface area contributed by atoms with Crippen molar-refractivity contribution in [1.29, 1.82) is 0 Å². The summed E-state index contributed by atoms with van der Waals surface area (Å²) in [6.45, 7) is 2.04. The Hall–Kier alpha value is -1.93. The highest BCUT2D eigenvalue weighted by molar-refractivity contribution is 6.30. The van der Waals surface area contributed by atoms with Crippen molar-refractivity contribution in [1.82, 2.24) is 9.97 Å². The number of hydrogen-bond donors (Lipinski definition) is 0. The van der Waals surface area contributed by atoms with Crippen molar-refractivity contribution < 1.29 is 0 Å². The van der Waals surface area contributed by atoms with Crippen molar-refractivity contribution in [3.05, 3.63) is 70.5 Å². The van der Waals surface area contributed by atoms with Crippen molar-refractivity contribution in [3.8, 4) is 0 Å². The fraction of sp³-hybridized carbons (Fsp3) is 0.125. The molecule has 0 N–H and O–H groups in total. The monoisotopic (exact) mass is 268 g/mol. The highest BCUT2D eigenvalue weighted by atomic mass is 35.5. The Kier molecular flexibility index (Phi) is 3.18. The Morgan fingerprint density at radius 1 is 0.947 bits per heavy atom. The summed E-state index contributed by atoms with van der Waals surface area (Å²) in [6, 6.07) is 16.1. The lowest BCUT2D eigenvalue weighted by atomic mass is 10.1. The van der Waals surface area contributed by atoms with Gasteiger partial charge in [0.15, 0.2) is 5.15 Å². The van der Waals surface area contributed by atoms with Gasteiger partial charge in [0.2, 0.25) is 0 Å². The molecule has 19 heavy (non-hydrogen) atoms. The Bertz CT molecular complexity index is 723. The van der Waals surface area contributed by atoms with Gasteiger partial charge >= 0.3 is 0 Å². The van der Waals surface area contributed by atoms with Crippen LogP contribution in [0.3, 0.4) is 0 Å². The van der Waals surface area contributed by atoms with Crippen LogP contribution in [0.2, 0.25) is 5.15 Å². The van der Waals surface area contributed by atoms with Crippen LogP contribution in [0.25, 0.3) is 11.0 Å². The summed E-state index contributed by atoms with van der Waals surface area (Å²) < 4.78 is 0. The summed E-state index contributed by atoms with van der Waals surface area (Å²) in [7, 11) is 0. The first-order valence-electron chi connectivity index (χ1n) is 6.20. The highest BCUT2D eigenvalue weighted by Gasteiger charge is 2.08. The van der Waals surface area contributed by atoms with Gasteiger partial charge < -0.3 is 0 Å².